The summed E-state index contributed by atoms with van der Waals surface area (Å²) in [6, 6.07) is 15.7. The van der Waals surface area contributed by atoms with E-state index >= 15 is 0 Å². The molecule has 0 bridgehead atoms. The van der Waals surface area contributed by atoms with Crippen LogP contribution in [0.5, 0.6) is 5.75 Å². The number of anilines is 1. The lowest BCUT2D eigenvalue weighted by molar-refractivity contribution is 0.0984. The standard InChI is InChI=1S/C24H27N5O2S.ClH/c1-5-31-20-12-9-13-21-22(20)26-24(32-21)28(15-14-27(3)4)23(30)19-16-25-29(17(19)2)18-10-7-6-8-11-18;/h6-13,16H,5,14-15H2,1-4H3;1H. The maximum absolute atomic E-state index is 13.7. The fourth-order valence-corrected chi connectivity index (χ4v) is 4.49. The van der Waals surface area contributed by atoms with Crippen molar-refractivity contribution in [1.82, 2.24) is 19.7 Å². The number of fused-ring (bicyclic) bond motifs is 1. The minimum absolute atomic E-state index is 0. The maximum atomic E-state index is 13.7. The Morgan fingerprint density at radius 3 is 2.55 bits per heavy atom. The van der Waals surface area contributed by atoms with Crippen LogP contribution in [-0.4, -0.2) is 59.4 Å². The highest BCUT2D eigenvalue weighted by molar-refractivity contribution is 7.22. The van der Waals surface area contributed by atoms with Gasteiger partial charge < -0.3 is 9.64 Å². The molecule has 0 aliphatic rings. The SMILES string of the molecule is CCOc1cccc2sc(N(CCN(C)C)C(=O)c3cnn(-c4ccccc4)c3C)nc12.Cl. The fraction of sp³-hybridized carbons (Fsp3) is 0.292. The predicted octanol–water partition coefficient (Wildman–Crippen LogP) is 4.82. The molecule has 0 radical (unpaired) electrons. The van der Waals surface area contributed by atoms with Gasteiger partial charge in [0.05, 0.1) is 34.4 Å². The molecule has 4 rings (SSSR count). The Bertz CT molecular complexity index is 1220. The zero-order valence-electron chi connectivity index (χ0n) is 19.2. The van der Waals surface area contributed by atoms with Gasteiger partial charge in [-0.2, -0.15) is 5.10 Å². The third kappa shape index (κ3) is 5.19. The second-order valence-corrected chi connectivity index (χ2v) is 8.69. The second-order valence-electron chi connectivity index (χ2n) is 7.68. The molecular formula is C24H28ClN5O2S. The van der Waals surface area contributed by atoms with Gasteiger partial charge >= 0.3 is 0 Å². The molecule has 174 valence electrons. The molecule has 2 heterocycles. The Kier molecular flexibility index (Phi) is 8.07. The van der Waals surface area contributed by atoms with Crippen molar-refractivity contribution in [3.63, 3.8) is 0 Å². The molecule has 0 spiro atoms. The van der Waals surface area contributed by atoms with E-state index in [1.165, 1.54) is 11.3 Å². The number of nitrogens with zero attached hydrogens (tertiary/aromatic N) is 5. The Morgan fingerprint density at radius 1 is 1.09 bits per heavy atom. The fourth-order valence-electron chi connectivity index (χ4n) is 3.48. The lowest BCUT2D eigenvalue weighted by atomic mass is 10.2. The summed E-state index contributed by atoms with van der Waals surface area (Å²) in [6.07, 6.45) is 1.65. The number of carbonyl (C=O) groups is 1. The van der Waals surface area contributed by atoms with Crippen molar-refractivity contribution in [1.29, 1.82) is 0 Å². The van der Waals surface area contributed by atoms with E-state index in [0.717, 1.165) is 27.3 Å². The summed E-state index contributed by atoms with van der Waals surface area (Å²) in [5, 5.41) is 5.14. The number of ether oxygens (including phenoxy) is 1. The number of amides is 1. The van der Waals surface area contributed by atoms with Crippen LogP contribution in [-0.2, 0) is 0 Å². The Balaban J connectivity index is 0.00000306. The number of thiazole rings is 1. The quantitative estimate of drug-likeness (QED) is 0.358. The molecule has 1 amide bonds. The van der Waals surface area contributed by atoms with Gasteiger partial charge in [-0.25, -0.2) is 9.67 Å². The smallest absolute Gasteiger partial charge is 0.263 e. The van der Waals surface area contributed by atoms with E-state index in [2.05, 4.69) is 10.00 Å². The molecule has 2 aromatic carbocycles. The molecule has 0 N–H and O–H groups in total. The number of hydrogen-bond acceptors (Lipinski definition) is 6. The molecular weight excluding hydrogens is 458 g/mol. The zero-order chi connectivity index (χ0) is 22.7. The lowest BCUT2D eigenvalue weighted by Gasteiger charge is -2.21. The lowest BCUT2D eigenvalue weighted by Crippen LogP contribution is -2.37. The second kappa shape index (κ2) is 10.8. The third-order valence-corrected chi connectivity index (χ3v) is 6.20. The van der Waals surface area contributed by atoms with E-state index < -0.39 is 0 Å². The van der Waals surface area contributed by atoms with E-state index in [1.807, 2.05) is 76.5 Å². The molecule has 0 aliphatic heterocycles. The molecule has 33 heavy (non-hydrogen) atoms. The van der Waals surface area contributed by atoms with Crippen LogP contribution in [0.4, 0.5) is 5.13 Å². The van der Waals surface area contributed by atoms with E-state index in [0.29, 0.717) is 30.4 Å². The molecule has 4 aromatic rings. The van der Waals surface area contributed by atoms with Gasteiger partial charge in [0.25, 0.3) is 5.91 Å². The van der Waals surface area contributed by atoms with E-state index in [9.17, 15) is 4.79 Å². The molecule has 2 aromatic heterocycles. The van der Waals surface area contributed by atoms with Crippen LogP contribution in [0.1, 0.15) is 23.0 Å². The Morgan fingerprint density at radius 2 is 1.85 bits per heavy atom. The monoisotopic (exact) mass is 485 g/mol. The number of benzene rings is 2. The van der Waals surface area contributed by atoms with E-state index in [4.69, 9.17) is 9.72 Å². The summed E-state index contributed by atoms with van der Waals surface area (Å²) in [6.45, 7) is 5.67. The highest BCUT2D eigenvalue weighted by atomic mass is 35.5. The maximum Gasteiger partial charge on any atom is 0.263 e. The average molecular weight is 486 g/mol. The van der Waals surface area contributed by atoms with Gasteiger partial charge in [0, 0.05) is 13.1 Å². The molecule has 0 atom stereocenters. The molecule has 0 saturated heterocycles. The van der Waals surface area contributed by atoms with Crippen LogP contribution in [0.15, 0.2) is 54.7 Å². The van der Waals surface area contributed by atoms with E-state index in [-0.39, 0.29) is 18.3 Å². The molecule has 0 unspecified atom stereocenters. The normalized spacial score (nSPS) is 10.9. The topological polar surface area (TPSA) is 63.5 Å². The highest BCUT2D eigenvalue weighted by Gasteiger charge is 2.25. The van der Waals surface area contributed by atoms with Crippen molar-refractivity contribution in [2.45, 2.75) is 13.8 Å². The summed E-state index contributed by atoms with van der Waals surface area (Å²) in [4.78, 5) is 22.3. The first-order valence-electron chi connectivity index (χ1n) is 10.6. The molecule has 9 heteroatoms. The van der Waals surface area contributed by atoms with Gasteiger partial charge in [-0.05, 0) is 52.2 Å². The largest absolute Gasteiger partial charge is 0.492 e. The van der Waals surface area contributed by atoms with Crippen LogP contribution in [0.25, 0.3) is 15.9 Å². The molecule has 0 saturated carbocycles. The van der Waals surface area contributed by atoms with Gasteiger partial charge in [-0.15, -0.1) is 12.4 Å². The van der Waals surface area contributed by atoms with E-state index in [1.54, 1.807) is 15.8 Å². The van der Waals surface area contributed by atoms with Crippen LogP contribution in [0, 0.1) is 6.92 Å². The van der Waals surface area contributed by atoms with Crippen LogP contribution < -0.4 is 9.64 Å². The Hall–Kier alpha value is -2.94. The van der Waals surface area contributed by atoms with Crippen LogP contribution in [0.3, 0.4) is 0 Å². The third-order valence-electron chi connectivity index (χ3n) is 5.16. The summed E-state index contributed by atoms with van der Waals surface area (Å²) < 4.78 is 8.53. The van der Waals surface area contributed by atoms with Gasteiger partial charge in [-0.3, -0.25) is 9.69 Å². The van der Waals surface area contributed by atoms with Gasteiger partial charge in [0.1, 0.15) is 11.3 Å². The van der Waals surface area contributed by atoms with Gasteiger partial charge in [-0.1, -0.05) is 35.6 Å². The van der Waals surface area contributed by atoms with Crippen LogP contribution in [0.2, 0.25) is 0 Å². The molecule has 7 nitrogen and oxygen atoms in total. The number of carbonyl (C=O) groups excluding carboxylic acids is 1. The minimum Gasteiger partial charge on any atom is -0.492 e. The number of hydrogen-bond donors (Lipinski definition) is 0. The van der Waals surface area contributed by atoms with Crippen molar-refractivity contribution in [3.05, 3.63) is 66.0 Å². The van der Waals surface area contributed by atoms with Crippen LogP contribution >= 0.6 is 23.7 Å². The summed E-state index contributed by atoms with van der Waals surface area (Å²) in [7, 11) is 3.99. The first kappa shape index (κ1) is 24.7. The number of likely N-dealkylation sites (N-methyl/N-ethyl adjacent to an activating group) is 1. The van der Waals surface area contributed by atoms with Crippen molar-refractivity contribution < 1.29 is 9.53 Å². The molecule has 0 aliphatic carbocycles. The number of halogens is 1. The highest BCUT2D eigenvalue weighted by Crippen LogP contribution is 2.35. The van der Waals surface area contributed by atoms with Gasteiger partial charge in [0.15, 0.2) is 5.13 Å². The zero-order valence-corrected chi connectivity index (χ0v) is 20.8. The average Bonchev–Trinajstić information content (AvgIpc) is 3.38. The number of para-hydroxylation sites is 2. The van der Waals surface area contributed by atoms with Crippen molar-refractivity contribution in [2.75, 3.05) is 38.7 Å². The summed E-state index contributed by atoms with van der Waals surface area (Å²) in [5.74, 6) is 0.629. The summed E-state index contributed by atoms with van der Waals surface area (Å²) in [5.41, 5.74) is 3.07. The summed E-state index contributed by atoms with van der Waals surface area (Å²) >= 11 is 1.50. The number of aromatic nitrogens is 3. The van der Waals surface area contributed by atoms with Crippen molar-refractivity contribution >= 4 is 45.0 Å². The van der Waals surface area contributed by atoms with Gasteiger partial charge in [0.2, 0.25) is 0 Å². The minimum atomic E-state index is -0.108. The predicted molar refractivity (Wildman–Crippen MR) is 137 cm³/mol. The van der Waals surface area contributed by atoms with Crippen molar-refractivity contribution in [2.24, 2.45) is 0 Å². The first-order valence-corrected chi connectivity index (χ1v) is 11.4. The van der Waals surface area contributed by atoms with Crippen molar-refractivity contribution in [3.8, 4) is 11.4 Å². The molecule has 0 fully saturated rings. The first-order chi connectivity index (χ1) is 15.5. The number of rotatable bonds is 8. The Labute approximate surface area is 204 Å².